The number of aromatic amines is 1. The number of rotatable bonds is 2. The van der Waals surface area contributed by atoms with Crippen molar-refractivity contribution in [3.63, 3.8) is 0 Å². The summed E-state index contributed by atoms with van der Waals surface area (Å²) in [6.45, 7) is 0.501. The van der Waals surface area contributed by atoms with Crippen LogP contribution in [0.1, 0.15) is 24.1 Å². The predicted octanol–water partition coefficient (Wildman–Crippen LogP) is 2.72. The number of nitrogens with one attached hydrogen (secondary N) is 2. The van der Waals surface area contributed by atoms with Crippen molar-refractivity contribution in [2.75, 3.05) is 5.32 Å². The molecule has 1 aliphatic rings. The third kappa shape index (κ3) is 2.96. The zero-order valence-corrected chi connectivity index (χ0v) is 11.2. The maximum Gasteiger partial charge on any atom is 0.248 e. The number of fused-ring (bicyclic) bond motifs is 1. The molecule has 0 saturated heterocycles. The number of pyridine rings is 1. The van der Waals surface area contributed by atoms with Crippen LogP contribution in [0.25, 0.3) is 0 Å². The van der Waals surface area contributed by atoms with E-state index in [4.69, 9.17) is 0 Å². The molecule has 0 unspecified atom stereocenters. The molecule has 0 saturated carbocycles. The molecule has 0 atom stereocenters. The Labute approximate surface area is 117 Å². The van der Waals surface area contributed by atoms with Crippen molar-refractivity contribution in [3.8, 4) is 0 Å². The van der Waals surface area contributed by atoms with Crippen LogP contribution in [0.15, 0.2) is 52.3 Å². The van der Waals surface area contributed by atoms with Gasteiger partial charge >= 0.3 is 0 Å². The lowest BCUT2D eigenvalue weighted by molar-refractivity contribution is 0.868. The van der Waals surface area contributed by atoms with Crippen LogP contribution >= 0.6 is 0 Å². The minimum atomic E-state index is -0.0816. The predicted molar refractivity (Wildman–Crippen MR) is 81.2 cm³/mol. The molecular formula is C16H17N3O. The Morgan fingerprint density at radius 3 is 2.85 bits per heavy atom. The van der Waals surface area contributed by atoms with Gasteiger partial charge in [0.05, 0.1) is 6.54 Å². The summed E-state index contributed by atoms with van der Waals surface area (Å²) in [6, 6.07) is 13.5. The highest BCUT2D eigenvalue weighted by atomic mass is 16.1. The number of para-hydroxylation sites is 1. The minimum absolute atomic E-state index is 0.0816. The molecule has 0 bridgehead atoms. The van der Waals surface area contributed by atoms with Crippen LogP contribution in [0.5, 0.6) is 0 Å². The number of H-pyrrole nitrogens is 1. The number of anilines is 1. The van der Waals surface area contributed by atoms with E-state index in [9.17, 15) is 4.79 Å². The normalized spacial score (nSPS) is 16.3. The highest BCUT2D eigenvalue weighted by Crippen LogP contribution is 2.21. The van der Waals surface area contributed by atoms with Crippen LogP contribution in [0.2, 0.25) is 0 Å². The zero-order chi connectivity index (χ0) is 13.8. The molecule has 4 heteroatoms. The van der Waals surface area contributed by atoms with Crippen molar-refractivity contribution in [1.29, 1.82) is 0 Å². The smallest absolute Gasteiger partial charge is 0.248 e. The van der Waals surface area contributed by atoms with E-state index in [1.807, 2.05) is 12.1 Å². The largest absolute Gasteiger partial charge is 0.344 e. The van der Waals surface area contributed by atoms with Gasteiger partial charge in [-0.3, -0.25) is 9.79 Å². The van der Waals surface area contributed by atoms with Crippen LogP contribution in [0, 0.1) is 0 Å². The van der Waals surface area contributed by atoms with Gasteiger partial charge in [0, 0.05) is 23.9 Å². The van der Waals surface area contributed by atoms with Crippen LogP contribution in [0.3, 0.4) is 0 Å². The Balaban J connectivity index is 1.77. The van der Waals surface area contributed by atoms with Gasteiger partial charge in [-0.1, -0.05) is 24.3 Å². The van der Waals surface area contributed by atoms with E-state index in [0.717, 1.165) is 36.5 Å². The number of aromatic nitrogens is 1. The number of nitrogens with zero attached hydrogens (tertiary/aromatic N) is 1. The van der Waals surface area contributed by atoms with Gasteiger partial charge in [0.25, 0.3) is 0 Å². The molecule has 20 heavy (non-hydrogen) atoms. The standard InChI is InChI=1S/C16H17N3O/c20-16-10-4-7-13(18-16)11-17-15-9-3-6-12-5-1-2-8-14(12)19-15/h1-2,4-5,7-8,10H,3,6,9,11H2,(H,17,19)(H,18,20). The van der Waals surface area contributed by atoms with Crippen LogP contribution in [-0.4, -0.2) is 10.8 Å². The second kappa shape index (κ2) is 5.74. The van der Waals surface area contributed by atoms with Gasteiger partial charge in [0.2, 0.25) is 5.56 Å². The summed E-state index contributed by atoms with van der Waals surface area (Å²) in [5, 5.41) is 3.40. The number of amidine groups is 1. The maximum absolute atomic E-state index is 11.2. The zero-order valence-electron chi connectivity index (χ0n) is 11.2. The third-order valence-corrected chi connectivity index (χ3v) is 3.43. The van der Waals surface area contributed by atoms with Crippen molar-refractivity contribution >= 4 is 11.5 Å². The van der Waals surface area contributed by atoms with Gasteiger partial charge in [-0.25, -0.2) is 0 Å². The summed E-state index contributed by atoms with van der Waals surface area (Å²) in [5.74, 6) is 0.986. The molecular weight excluding hydrogens is 250 g/mol. The maximum atomic E-state index is 11.2. The summed E-state index contributed by atoms with van der Waals surface area (Å²) in [4.78, 5) is 18.6. The van der Waals surface area contributed by atoms with Crippen molar-refractivity contribution < 1.29 is 0 Å². The van der Waals surface area contributed by atoms with Gasteiger partial charge in [-0.05, 0) is 30.5 Å². The fourth-order valence-corrected chi connectivity index (χ4v) is 2.41. The fourth-order valence-electron chi connectivity index (χ4n) is 2.41. The van der Waals surface area contributed by atoms with E-state index in [0.29, 0.717) is 6.54 Å². The topological polar surface area (TPSA) is 57.2 Å². The first-order valence-electron chi connectivity index (χ1n) is 6.88. The van der Waals surface area contributed by atoms with E-state index < -0.39 is 0 Å². The molecule has 0 amide bonds. The van der Waals surface area contributed by atoms with E-state index in [2.05, 4.69) is 33.5 Å². The molecule has 0 fully saturated rings. The third-order valence-electron chi connectivity index (χ3n) is 3.43. The van der Waals surface area contributed by atoms with E-state index in [1.165, 1.54) is 11.6 Å². The van der Waals surface area contributed by atoms with Crippen molar-refractivity contribution in [2.45, 2.75) is 25.8 Å². The first-order chi connectivity index (χ1) is 9.81. The average molecular weight is 267 g/mol. The molecule has 4 nitrogen and oxygen atoms in total. The Kier molecular flexibility index (Phi) is 3.63. The van der Waals surface area contributed by atoms with Crippen molar-refractivity contribution in [1.82, 2.24) is 4.98 Å². The molecule has 0 aliphatic carbocycles. The van der Waals surface area contributed by atoms with Crippen LogP contribution < -0.4 is 10.9 Å². The second-order valence-corrected chi connectivity index (χ2v) is 4.94. The fraction of sp³-hybridized carbons (Fsp3) is 0.250. The molecule has 0 radical (unpaired) electrons. The molecule has 1 aromatic heterocycles. The Morgan fingerprint density at radius 2 is 1.95 bits per heavy atom. The van der Waals surface area contributed by atoms with Crippen molar-refractivity contribution in [2.24, 2.45) is 4.99 Å². The summed E-state index contributed by atoms with van der Waals surface area (Å²) in [7, 11) is 0. The second-order valence-electron chi connectivity index (χ2n) is 4.94. The SMILES string of the molecule is O=c1cccc(CN=C2CCCc3ccccc3N2)[nH]1. The average Bonchev–Trinajstić information content (AvgIpc) is 2.67. The van der Waals surface area contributed by atoms with Crippen LogP contribution in [0.4, 0.5) is 5.69 Å². The van der Waals surface area contributed by atoms with Gasteiger partial charge in [-0.2, -0.15) is 0 Å². The lowest BCUT2D eigenvalue weighted by Gasteiger charge is -2.08. The summed E-state index contributed by atoms with van der Waals surface area (Å²) in [5.41, 5.74) is 3.24. The van der Waals surface area contributed by atoms with Gasteiger partial charge < -0.3 is 10.3 Å². The molecule has 2 N–H and O–H groups in total. The van der Waals surface area contributed by atoms with Gasteiger partial charge in [0.15, 0.2) is 0 Å². The monoisotopic (exact) mass is 267 g/mol. The number of benzene rings is 1. The Morgan fingerprint density at radius 1 is 1.05 bits per heavy atom. The van der Waals surface area contributed by atoms with Gasteiger partial charge in [0.1, 0.15) is 5.84 Å². The summed E-state index contributed by atoms with van der Waals surface area (Å²) >= 11 is 0. The summed E-state index contributed by atoms with van der Waals surface area (Å²) in [6.07, 6.45) is 3.10. The molecule has 2 aromatic rings. The minimum Gasteiger partial charge on any atom is -0.344 e. The van der Waals surface area contributed by atoms with E-state index in [-0.39, 0.29) is 5.56 Å². The number of hydrogen-bond acceptors (Lipinski definition) is 2. The number of hydrogen-bond donors (Lipinski definition) is 2. The molecule has 102 valence electrons. The number of aliphatic imine (C=N–C) groups is 1. The highest BCUT2D eigenvalue weighted by Gasteiger charge is 2.10. The van der Waals surface area contributed by atoms with E-state index >= 15 is 0 Å². The molecule has 3 rings (SSSR count). The van der Waals surface area contributed by atoms with Crippen molar-refractivity contribution in [3.05, 3.63) is 64.1 Å². The van der Waals surface area contributed by atoms with Gasteiger partial charge in [-0.15, -0.1) is 0 Å². The Hall–Kier alpha value is -2.36. The number of aryl methyl sites for hydroxylation is 1. The highest BCUT2D eigenvalue weighted by molar-refractivity contribution is 5.96. The molecule has 0 spiro atoms. The molecule has 1 aromatic carbocycles. The van der Waals surface area contributed by atoms with E-state index in [1.54, 1.807) is 6.07 Å². The summed E-state index contributed by atoms with van der Waals surface area (Å²) < 4.78 is 0. The first kappa shape index (κ1) is 12.7. The molecule has 1 aliphatic heterocycles. The first-order valence-corrected chi connectivity index (χ1v) is 6.88. The quantitative estimate of drug-likeness (QED) is 0.879. The Bertz CT molecular complexity index is 688. The molecule has 2 heterocycles. The lowest BCUT2D eigenvalue weighted by Crippen LogP contribution is -2.12. The van der Waals surface area contributed by atoms with Crippen LogP contribution in [-0.2, 0) is 13.0 Å². The lowest BCUT2D eigenvalue weighted by atomic mass is 10.1.